The van der Waals surface area contributed by atoms with E-state index in [2.05, 4.69) is 15.2 Å². The fourth-order valence-electron chi connectivity index (χ4n) is 1.95. The zero-order valence-electron chi connectivity index (χ0n) is 10.7. The standard InChI is InChI=1S/C15H9Cl2N3S/c16-11-5-1-9(2-6-11)13-14(19-20-15(21)18-13)10-3-7-12(17)8-4-10/h1-8H,(H,18,20,21). The summed E-state index contributed by atoms with van der Waals surface area (Å²) in [5.41, 5.74) is 3.22. The molecule has 0 bridgehead atoms. The Morgan fingerprint density at radius 3 is 1.76 bits per heavy atom. The lowest BCUT2D eigenvalue weighted by Gasteiger charge is -2.08. The van der Waals surface area contributed by atoms with Gasteiger partial charge in [-0.1, -0.05) is 47.5 Å². The van der Waals surface area contributed by atoms with Gasteiger partial charge in [-0.15, -0.1) is 0 Å². The van der Waals surface area contributed by atoms with Crippen molar-refractivity contribution in [3.63, 3.8) is 0 Å². The van der Waals surface area contributed by atoms with Crippen LogP contribution in [0.25, 0.3) is 22.5 Å². The molecule has 104 valence electrons. The maximum absolute atomic E-state index is 5.93. The molecule has 1 heterocycles. The summed E-state index contributed by atoms with van der Waals surface area (Å²) in [6.45, 7) is 0. The Kier molecular flexibility index (Phi) is 4.01. The third kappa shape index (κ3) is 3.13. The molecule has 3 nitrogen and oxygen atoms in total. The third-order valence-corrected chi connectivity index (χ3v) is 3.62. The normalized spacial score (nSPS) is 10.6. The van der Waals surface area contributed by atoms with Gasteiger partial charge in [-0.2, -0.15) is 5.10 Å². The molecule has 0 aliphatic heterocycles. The molecule has 0 atom stereocenters. The molecule has 21 heavy (non-hydrogen) atoms. The second-order valence-electron chi connectivity index (χ2n) is 4.35. The van der Waals surface area contributed by atoms with E-state index in [0.29, 0.717) is 26.2 Å². The highest BCUT2D eigenvalue weighted by molar-refractivity contribution is 7.71. The minimum atomic E-state index is 0.331. The van der Waals surface area contributed by atoms with Crippen LogP contribution in [0.5, 0.6) is 0 Å². The average molecular weight is 334 g/mol. The van der Waals surface area contributed by atoms with Crippen LogP contribution in [0, 0.1) is 4.77 Å². The van der Waals surface area contributed by atoms with Gasteiger partial charge in [0.25, 0.3) is 0 Å². The Labute approximate surface area is 136 Å². The van der Waals surface area contributed by atoms with Crippen molar-refractivity contribution in [2.75, 3.05) is 0 Å². The van der Waals surface area contributed by atoms with Gasteiger partial charge in [0.2, 0.25) is 4.77 Å². The summed E-state index contributed by atoms with van der Waals surface area (Å²) >= 11 is 16.9. The molecule has 6 heteroatoms. The second kappa shape index (κ2) is 5.93. The van der Waals surface area contributed by atoms with Crippen molar-refractivity contribution in [3.05, 3.63) is 63.3 Å². The van der Waals surface area contributed by atoms with Crippen LogP contribution in [0.4, 0.5) is 0 Å². The molecule has 3 rings (SSSR count). The minimum Gasteiger partial charge on any atom is -0.251 e. The lowest BCUT2D eigenvalue weighted by Crippen LogP contribution is -1.97. The monoisotopic (exact) mass is 333 g/mol. The number of rotatable bonds is 2. The topological polar surface area (TPSA) is 41.6 Å². The molecule has 0 aliphatic carbocycles. The molecule has 0 aliphatic rings. The van der Waals surface area contributed by atoms with Crippen LogP contribution in [-0.4, -0.2) is 15.2 Å². The summed E-state index contributed by atoms with van der Waals surface area (Å²) in [6.07, 6.45) is 0. The quantitative estimate of drug-likeness (QED) is 0.657. The molecule has 0 saturated heterocycles. The molecule has 1 aromatic heterocycles. The van der Waals surface area contributed by atoms with E-state index in [-0.39, 0.29) is 0 Å². The summed E-state index contributed by atoms with van der Waals surface area (Å²) in [5.74, 6) is 0. The Bertz CT molecular complexity index is 827. The highest BCUT2D eigenvalue weighted by Gasteiger charge is 2.11. The summed E-state index contributed by atoms with van der Waals surface area (Å²) < 4.78 is 0.331. The Morgan fingerprint density at radius 2 is 1.24 bits per heavy atom. The lowest BCUT2D eigenvalue weighted by atomic mass is 10.0. The number of aromatic nitrogens is 3. The van der Waals surface area contributed by atoms with Gasteiger partial charge in [0, 0.05) is 21.2 Å². The molecule has 0 spiro atoms. The largest absolute Gasteiger partial charge is 0.251 e. The number of hydrogen-bond donors (Lipinski definition) is 1. The van der Waals surface area contributed by atoms with E-state index < -0.39 is 0 Å². The van der Waals surface area contributed by atoms with Gasteiger partial charge in [-0.25, -0.2) is 4.98 Å². The van der Waals surface area contributed by atoms with E-state index in [4.69, 9.17) is 35.4 Å². The first kappa shape index (κ1) is 14.2. The number of hydrogen-bond acceptors (Lipinski definition) is 3. The molecule has 0 amide bonds. The van der Waals surface area contributed by atoms with Gasteiger partial charge in [0.05, 0.1) is 0 Å². The number of nitrogens with one attached hydrogen (secondary N) is 1. The Morgan fingerprint density at radius 1 is 0.762 bits per heavy atom. The molecule has 0 radical (unpaired) electrons. The van der Waals surface area contributed by atoms with Crippen LogP contribution in [0.3, 0.4) is 0 Å². The van der Waals surface area contributed by atoms with Gasteiger partial charge in [0.15, 0.2) is 0 Å². The summed E-state index contributed by atoms with van der Waals surface area (Å²) in [6, 6.07) is 14.8. The first-order valence-corrected chi connectivity index (χ1v) is 7.28. The highest BCUT2D eigenvalue weighted by atomic mass is 35.5. The van der Waals surface area contributed by atoms with Crippen LogP contribution < -0.4 is 0 Å². The van der Waals surface area contributed by atoms with Crippen LogP contribution >= 0.6 is 35.4 Å². The average Bonchev–Trinajstić information content (AvgIpc) is 2.49. The van der Waals surface area contributed by atoms with Crippen molar-refractivity contribution in [2.45, 2.75) is 0 Å². The van der Waals surface area contributed by atoms with Crippen LogP contribution in [0.15, 0.2) is 48.5 Å². The molecule has 0 fully saturated rings. The van der Waals surface area contributed by atoms with Crippen molar-refractivity contribution in [2.24, 2.45) is 0 Å². The fourth-order valence-corrected chi connectivity index (χ4v) is 2.34. The van der Waals surface area contributed by atoms with E-state index in [0.717, 1.165) is 11.1 Å². The van der Waals surface area contributed by atoms with Crippen LogP contribution in [0.1, 0.15) is 0 Å². The molecular formula is C15H9Cl2N3S. The lowest BCUT2D eigenvalue weighted by molar-refractivity contribution is 0.961. The molecule has 0 unspecified atom stereocenters. The first-order valence-electron chi connectivity index (χ1n) is 6.12. The minimum absolute atomic E-state index is 0.331. The van der Waals surface area contributed by atoms with E-state index in [1.807, 2.05) is 48.5 Å². The van der Waals surface area contributed by atoms with Crippen molar-refractivity contribution >= 4 is 35.4 Å². The number of H-pyrrole nitrogens is 1. The summed E-state index contributed by atoms with van der Waals surface area (Å²) in [7, 11) is 0. The number of nitrogens with zero attached hydrogens (tertiary/aromatic N) is 2. The first-order chi connectivity index (χ1) is 10.1. The summed E-state index contributed by atoms with van der Waals surface area (Å²) in [4.78, 5) is 4.39. The predicted octanol–water partition coefficient (Wildman–Crippen LogP) is 5.17. The van der Waals surface area contributed by atoms with E-state index in [1.54, 1.807) is 0 Å². The Balaban J connectivity index is 2.19. The third-order valence-electron chi connectivity index (χ3n) is 2.94. The molecular weight excluding hydrogens is 325 g/mol. The molecule has 1 N–H and O–H groups in total. The second-order valence-corrected chi connectivity index (χ2v) is 5.61. The molecule has 2 aromatic carbocycles. The van der Waals surface area contributed by atoms with Crippen molar-refractivity contribution in [1.82, 2.24) is 15.2 Å². The predicted molar refractivity (Wildman–Crippen MR) is 88.1 cm³/mol. The van der Waals surface area contributed by atoms with E-state index in [9.17, 15) is 0 Å². The van der Waals surface area contributed by atoms with Crippen LogP contribution in [-0.2, 0) is 0 Å². The van der Waals surface area contributed by atoms with Gasteiger partial charge < -0.3 is 0 Å². The summed E-state index contributed by atoms with van der Waals surface area (Å²) in [5, 5.41) is 8.38. The number of benzene rings is 2. The van der Waals surface area contributed by atoms with Gasteiger partial charge >= 0.3 is 0 Å². The van der Waals surface area contributed by atoms with Crippen molar-refractivity contribution in [1.29, 1.82) is 0 Å². The highest BCUT2D eigenvalue weighted by Crippen LogP contribution is 2.29. The fraction of sp³-hybridized carbons (Fsp3) is 0. The molecule has 3 aromatic rings. The smallest absolute Gasteiger partial charge is 0.214 e. The maximum atomic E-state index is 5.93. The van der Waals surface area contributed by atoms with Crippen LogP contribution in [0.2, 0.25) is 10.0 Å². The van der Waals surface area contributed by atoms with Crippen molar-refractivity contribution < 1.29 is 0 Å². The van der Waals surface area contributed by atoms with Crippen molar-refractivity contribution in [3.8, 4) is 22.5 Å². The van der Waals surface area contributed by atoms with E-state index in [1.165, 1.54) is 0 Å². The maximum Gasteiger partial charge on any atom is 0.214 e. The van der Waals surface area contributed by atoms with Gasteiger partial charge in [0.1, 0.15) is 11.4 Å². The zero-order valence-corrected chi connectivity index (χ0v) is 13.0. The van der Waals surface area contributed by atoms with Gasteiger partial charge in [-0.3, -0.25) is 5.10 Å². The van der Waals surface area contributed by atoms with Gasteiger partial charge in [-0.05, 0) is 36.5 Å². The van der Waals surface area contributed by atoms with E-state index >= 15 is 0 Å². The SMILES string of the molecule is S=c1nc(-c2ccc(Cl)cc2)c(-c2ccc(Cl)cc2)n[nH]1. The molecule has 0 saturated carbocycles. The number of halogens is 2. The zero-order chi connectivity index (χ0) is 14.8. The Hall–Kier alpha value is -1.75. The number of aromatic amines is 1.